The van der Waals surface area contributed by atoms with Gasteiger partial charge >= 0.3 is 0 Å². The predicted molar refractivity (Wildman–Crippen MR) is 110 cm³/mol. The van der Waals surface area contributed by atoms with Crippen LogP contribution in [-0.2, 0) is 18.9 Å². The van der Waals surface area contributed by atoms with Gasteiger partial charge in [0, 0.05) is 11.9 Å². The number of halogens is 1. The number of hydrogen-bond donors (Lipinski definition) is 1. The van der Waals surface area contributed by atoms with Crippen molar-refractivity contribution in [3.05, 3.63) is 0 Å². The van der Waals surface area contributed by atoms with E-state index in [0.29, 0.717) is 39.6 Å². The van der Waals surface area contributed by atoms with E-state index in [4.69, 9.17) is 24.1 Å². The molecule has 0 aliphatic rings. The van der Waals surface area contributed by atoms with E-state index in [1.54, 1.807) is 0 Å². The third-order valence-electron chi connectivity index (χ3n) is 4.12. The number of unbranched alkanes of at least 4 members (excludes halogenated alkanes) is 7. The smallest absolute Gasteiger partial charge is 0.0982 e. The normalized spacial score (nSPS) is 13.8. The summed E-state index contributed by atoms with van der Waals surface area (Å²) in [6.45, 7) is 8.20. The van der Waals surface area contributed by atoms with Gasteiger partial charge in [0.15, 0.2) is 0 Å². The highest BCUT2D eigenvalue weighted by atomic mass is 79.9. The van der Waals surface area contributed by atoms with Crippen LogP contribution in [0.5, 0.6) is 0 Å². The van der Waals surface area contributed by atoms with Crippen molar-refractivity contribution in [1.82, 2.24) is 0 Å². The van der Waals surface area contributed by atoms with E-state index >= 15 is 0 Å². The fraction of sp³-hybridized carbons (Fsp3) is 1.00. The maximum Gasteiger partial charge on any atom is 0.0982 e. The molecule has 5 nitrogen and oxygen atoms in total. The molecule has 0 rings (SSSR count). The minimum absolute atomic E-state index is 0.0488. The molecule has 0 aliphatic heterocycles. The number of alkyl halides is 1. The maximum absolute atomic E-state index is 8.58. The summed E-state index contributed by atoms with van der Waals surface area (Å²) in [7, 11) is 0. The zero-order valence-corrected chi connectivity index (χ0v) is 18.6. The molecule has 0 aliphatic carbocycles. The Balaban J connectivity index is 3.49. The van der Waals surface area contributed by atoms with Gasteiger partial charge in [0.2, 0.25) is 0 Å². The molecule has 6 heteroatoms. The van der Waals surface area contributed by atoms with Crippen molar-refractivity contribution in [3.8, 4) is 0 Å². The largest absolute Gasteiger partial charge is 0.394 e. The molecular weight excluding hydrogens is 400 g/mol. The lowest BCUT2D eigenvalue weighted by Crippen LogP contribution is -2.37. The van der Waals surface area contributed by atoms with E-state index in [2.05, 4.69) is 29.8 Å². The Morgan fingerprint density at radius 1 is 0.731 bits per heavy atom. The molecule has 158 valence electrons. The molecule has 0 saturated heterocycles. The summed E-state index contributed by atoms with van der Waals surface area (Å²) in [6.07, 6.45) is 10.5. The van der Waals surface area contributed by atoms with Gasteiger partial charge in [0.25, 0.3) is 0 Å². The maximum atomic E-state index is 8.58. The number of rotatable bonds is 21. The Bertz CT molecular complexity index is 257. The molecule has 0 bridgehead atoms. The van der Waals surface area contributed by atoms with E-state index in [9.17, 15) is 0 Å². The van der Waals surface area contributed by atoms with Crippen LogP contribution in [0.1, 0.15) is 65.2 Å². The zero-order chi connectivity index (χ0) is 19.3. The summed E-state index contributed by atoms with van der Waals surface area (Å²) in [5.74, 6) is 0. The Hall–Kier alpha value is 0.280. The third kappa shape index (κ3) is 17.7. The standard InChI is InChI=1S/C20H41BrO5/c1-3-4-5-6-7-8-9-10-12-26-20(2,18-21)19-25-17-16-24-15-14-23-13-11-22/h22H,3-19H2,1-2H3. The Kier molecular flexibility index (Phi) is 20.2. The monoisotopic (exact) mass is 440 g/mol. The minimum Gasteiger partial charge on any atom is -0.394 e. The highest BCUT2D eigenvalue weighted by molar-refractivity contribution is 9.09. The molecule has 1 unspecified atom stereocenters. The van der Waals surface area contributed by atoms with Gasteiger partial charge in [0.1, 0.15) is 0 Å². The van der Waals surface area contributed by atoms with Crippen LogP contribution in [0, 0.1) is 0 Å². The number of hydrogen-bond acceptors (Lipinski definition) is 5. The molecule has 1 N–H and O–H groups in total. The van der Waals surface area contributed by atoms with Crippen LogP contribution in [0.2, 0.25) is 0 Å². The first-order valence-corrected chi connectivity index (χ1v) is 11.3. The lowest BCUT2D eigenvalue weighted by molar-refractivity contribution is -0.0811. The number of ether oxygens (including phenoxy) is 4. The molecule has 0 saturated carbocycles. The SMILES string of the molecule is CCCCCCCCCCOC(C)(CBr)COCCOCCOCCO. The molecule has 0 heterocycles. The Labute approximate surface area is 169 Å². The van der Waals surface area contributed by atoms with Gasteiger partial charge in [0.05, 0.1) is 51.8 Å². The van der Waals surface area contributed by atoms with Gasteiger partial charge in [-0.05, 0) is 13.3 Å². The lowest BCUT2D eigenvalue weighted by Gasteiger charge is -2.27. The topological polar surface area (TPSA) is 57.2 Å². The van der Waals surface area contributed by atoms with Crippen LogP contribution in [0.15, 0.2) is 0 Å². The van der Waals surface area contributed by atoms with Crippen molar-refractivity contribution in [3.63, 3.8) is 0 Å². The third-order valence-corrected chi connectivity index (χ3v) is 5.30. The molecule has 0 aromatic carbocycles. The highest BCUT2D eigenvalue weighted by Crippen LogP contribution is 2.16. The molecule has 0 aromatic rings. The van der Waals surface area contributed by atoms with Crippen molar-refractivity contribution in [2.75, 3.05) is 58.2 Å². The first-order chi connectivity index (χ1) is 12.7. The molecule has 0 spiro atoms. The Morgan fingerprint density at radius 3 is 1.85 bits per heavy atom. The number of aliphatic hydroxyl groups excluding tert-OH is 1. The zero-order valence-electron chi connectivity index (χ0n) is 17.0. The van der Waals surface area contributed by atoms with E-state index in [1.807, 2.05) is 0 Å². The lowest BCUT2D eigenvalue weighted by atomic mass is 10.1. The van der Waals surface area contributed by atoms with Crippen LogP contribution in [-0.4, -0.2) is 68.9 Å². The van der Waals surface area contributed by atoms with Gasteiger partial charge in [-0.1, -0.05) is 67.8 Å². The van der Waals surface area contributed by atoms with Crippen LogP contribution < -0.4 is 0 Å². The van der Waals surface area contributed by atoms with E-state index in [1.165, 1.54) is 44.9 Å². The van der Waals surface area contributed by atoms with E-state index in [0.717, 1.165) is 18.4 Å². The minimum atomic E-state index is -0.286. The molecule has 0 fully saturated rings. The summed E-state index contributed by atoms with van der Waals surface area (Å²) in [5.41, 5.74) is -0.286. The summed E-state index contributed by atoms with van der Waals surface area (Å²) in [5, 5.41) is 9.34. The Morgan fingerprint density at radius 2 is 1.27 bits per heavy atom. The molecule has 1 atom stereocenters. The fourth-order valence-corrected chi connectivity index (χ4v) is 2.79. The second-order valence-electron chi connectivity index (χ2n) is 6.91. The van der Waals surface area contributed by atoms with Crippen molar-refractivity contribution in [1.29, 1.82) is 0 Å². The van der Waals surface area contributed by atoms with Crippen molar-refractivity contribution >= 4 is 15.9 Å². The van der Waals surface area contributed by atoms with Gasteiger partial charge in [-0.25, -0.2) is 0 Å². The van der Waals surface area contributed by atoms with Crippen LogP contribution in [0.25, 0.3) is 0 Å². The van der Waals surface area contributed by atoms with Crippen molar-refractivity contribution < 1.29 is 24.1 Å². The fourth-order valence-electron chi connectivity index (χ4n) is 2.47. The quantitative estimate of drug-likeness (QED) is 0.212. The summed E-state index contributed by atoms with van der Waals surface area (Å²) < 4.78 is 22.2. The summed E-state index contributed by atoms with van der Waals surface area (Å²) >= 11 is 3.53. The van der Waals surface area contributed by atoms with Gasteiger partial charge in [-0.15, -0.1) is 0 Å². The molecular formula is C20H41BrO5. The molecule has 0 amide bonds. The molecule has 0 aromatic heterocycles. The summed E-state index contributed by atoms with van der Waals surface area (Å²) in [6, 6.07) is 0. The van der Waals surface area contributed by atoms with E-state index in [-0.39, 0.29) is 12.2 Å². The predicted octanol–water partition coefficient (Wildman–Crippen LogP) is 4.34. The second kappa shape index (κ2) is 20.0. The van der Waals surface area contributed by atoms with Gasteiger partial charge in [-0.3, -0.25) is 0 Å². The average molecular weight is 441 g/mol. The van der Waals surface area contributed by atoms with Gasteiger partial charge in [-0.2, -0.15) is 0 Å². The van der Waals surface area contributed by atoms with Crippen molar-refractivity contribution in [2.24, 2.45) is 0 Å². The second-order valence-corrected chi connectivity index (χ2v) is 7.47. The van der Waals surface area contributed by atoms with Crippen LogP contribution in [0.3, 0.4) is 0 Å². The average Bonchev–Trinajstić information content (AvgIpc) is 2.65. The van der Waals surface area contributed by atoms with Crippen molar-refractivity contribution in [2.45, 2.75) is 70.8 Å². The molecule has 0 radical (unpaired) electrons. The first kappa shape index (κ1) is 26.3. The first-order valence-electron chi connectivity index (χ1n) is 10.2. The molecule has 26 heavy (non-hydrogen) atoms. The summed E-state index contributed by atoms with van der Waals surface area (Å²) in [4.78, 5) is 0. The van der Waals surface area contributed by atoms with Crippen LogP contribution in [0.4, 0.5) is 0 Å². The van der Waals surface area contributed by atoms with Crippen LogP contribution >= 0.6 is 15.9 Å². The van der Waals surface area contributed by atoms with E-state index < -0.39 is 0 Å². The highest BCUT2D eigenvalue weighted by Gasteiger charge is 2.23. The number of aliphatic hydroxyl groups is 1. The van der Waals surface area contributed by atoms with Gasteiger partial charge < -0.3 is 24.1 Å².